The van der Waals surface area contributed by atoms with Gasteiger partial charge in [0.25, 0.3) is 0 Å². The van der Waals surface area contributed by atoms with Crippen molar-refractivity contribution < 1.29 is 13.2 Å². The zero-order valence-electron chi connectivity index (χ0n) is 14.9. The second kappa shape index (κ2) is 9.89. The van der Waals surface area contributed by atoms with Gasteiger partial charge in [-0.25, -0.2) is 13.1 Å². The number of benzene rings is 1. The molecule has 0 unspecified atom stereocenters. The summed E-state index contributed by atoms with van der Waals surface area (Å²) in [6, 6.07) is 10.4. The lowest BCUT2D eigenvalue weighted by Crippen LogP contribution is -2.39. The molecule has 1 fully saturated rings. The van der Waals surface area contributed by atoms with Crippen molar-refractivity contribution in [3.63, 3.8) is 0 Å². The first-order chi connectivity index (χ1) is 12.0. The molecule has 0 aromatic heterocycles. The predicted molar refractivity (Wildman–Crippen MR) is 99.7 cm³/mol. The molecule has 0 saturated carbocycles. The molecule has 1 aromatic rings. The van der Waals surface area contributed by atoms with Gasteiger partial charge < -0.3 is 5.32 Å². The normalized spacial score (nSPS) is 17.6. The number of sulfonamides is 1. The fourth-order valence-corrected chi connectivity index (χ4v) is 3.66. The fraction of sp³-hybridized carbons (Fsp3) is 0.611. The van der Waals surface area contributed by atoms with Crippen LogP contribution in [0.15, 0.2) is 30.3 Å². The van der Waals surface area contributed by atoms with Crippen LogP contribution in [-0.4, -0.2) is 51.7 Å². The fourth-order valence-electron chi connectivity index (χ4n) is 3.19. The van der Waals surface area contributed by atoms with Gasteiger partial charge in [-0.15, -0.1) is 0 Å². The van der Waals surface area contributed by atoms with Gasteiger partial charge in [0.15, 0.2) is 0 Å². The summed E-state index contributed by atoms with van der Waals surface area (Å²) in [5.41, 5.74) is 1.21. The Kier molecular flexibility index (Phi) is 7.87. The van der Waals surface area contributed by atoms with E-state index in [1.807, 2.05) is 18.2 Å². The molecular formula is C18H29N3O3S. The van der Waals surface area contributed by atoms with Gasteiger partial charge in [0.05, 0.1) is 12.3 Å². The number of hydrogen-bond donors (Lipinski definition) is 2. The van der Waals surface area contributed by atoms with Gasteiger partial charge in [0.2, 0.25) is 15.9 Å². The molecule has 7 heteroatoms. The Hall–Kier alpha value is -1.44. The number of amides is 1. The number of carbonyl (C=O) groups is 1. The maximum Gasteiger partial charge on any atom is 0.221 e. The van der Waals surface area contributed by atoms with Crippen molar-refractivity contribution >= 4 is 15.9 Å². The molecule has 2 N–H and O–H groups in total. The van der Waals surface area contributed by atoms with E-state index in [1.54, 1.807) is 0 Å². The zero-order valence-corrected chi connectivity index (χ0v) is 15.7. The topological polar surface area (TPSA) is 78.5 Å². The van der Waals surface area contributed by atoms with Gasteiger partial charge in [-0.3, -0.25) is 9.69 Å². The summed E-state index contributed by atoms with van der Waals surface area (Å²) < 4.78 is 24.5. The van der Waals surface area contributed by atoms with Crippen molar-refractivity contribution in [1.82, 2.24) is 14.9 Å². The van der Waals surface area contributed by atoms with E-state index in [2.05, 4.69) is 27.1 Å². The molecule has 25 heavy (non-hydrogen) atoms. The van der Waals surface area contributed by atoms with E-state index in [-0.39, 0.29) is 24.9 Å². The predicted octanol–water partition coefficient (Wildman–Crippen LogP) is 1.66. The summed E-state index contributed by atoms with van der Waals surface area (Å²) in [6.07, 6.45) is 6.15. The van der Waals surface area contributed by atoms with Gasteiger partial charge in [-0.1, -0.05) is 43.2 Å². The zero-order chi connectivity index (χ0) is 18.1. The Morgan fingerprint density at radius 3 is 2.36 bits per heavy atom. The monoisotopic (exact) mass is 367 g/mol. The third-order valence-corrected chi connectivity index (χ3v) is 5.20. The molecule has 1 heterocycles. The summed E-state index contributed by atoms with van der Waals surface area (Å²) >= 11 is 0. The van der Waals surface area contributed by atoms with Gasteiger partial charge in [-0.05, 0) is 31.5 Å². The smallest absolute Gasteiger partial charge is 0.221 e. The molecule has 1 saturated heterocycles. The molecule has 1 amide bonds. The van der Waals surface area contributed by atoms with Crippen LogP contribution in [0.5, 0.6) is 0 Å². The number of carbonyl (C=O) groups excluding carboxylic acids is 1. The standard InChI is InChI=1S/C18H29N3O3S/c1-25(23,24)20-12-11-18(22)19-15-17(16-9-5-4-6-10-16)21-13-7-2-3-8-14-21/h4-6,9-10,17,20H,2-3,7-8,11-15H2,1H3,(H,19,22)/t17-/m1/s1. The number of likely N-dealkylation sites (tertiary alicyclic amines) is 1. The van der Waals surface area contributed by atoms with Crippen molar-refractivity contribution in [2.24, 2.45) is 0 Å². The third-order valence-electron chi connectivity index (χ3n) is 4.47. The van der Waals surface area contributed by atoms with Gasteiger partial charge >= 0.3 is 0 Å². The van der Waals surface area contributed by atoms with E-state index in [0.29, 0.717) is 6.54 Å². The van der Waals surface area contributed by atoms with E-state index < -0.39 is 10.0 Å². The molecule has 140 valence electrons. The summed E-state index contributed by atoms with van der Waals surface area (Å²) in [5.74, 6) is -0.132. The molecule has 1 aromatic carbocycles. The van der Waals surface area contributed by atoms with Crippen LogP contribution in [0.25, 0.3) is 0 Å². The summed E-state index contributed by atoms with van der Waals surface area (Å²) in [6.45, 7) is 2.77. The van der Waals surface area contributed by atoms with Crippen molar-refractivity contribution in [2.75, 3.05) is 32.4 Å². The van der Waals surface area contributed by atoms with Crippen LogP contribution < -0.4 is 10.0 Å². The minimum absolute atomic E-state index is 0.129. The highest BCUT2D eigenvalue weighted by atomic mass is 32.2. The molecular weight excluding hydrogens is 338 g/mol. The number of nitrogens with zero attached hydrogens (tertiary/aromatic N) is 1. The maximum absolute atomic E-state index is 12.1. The van der Waals surface area contributed by atoms with Crippen LogP contribution in [0.4, 0.5) is 0 Å². The van der Waals surface area contributed by atoms with Crippen molar-refractivity contribution in [2.45, 2.75) is 38.1 Å². The summed E-state index contributed by atoms with van der Waals surface area (Å²) in [5, 5.41) is 2.97. The van der Waals surface area contributed by atoms with Gasteiger partial charge in [-0.2, -0.15) is 0 Å². The van der Waals surface area contributed by atoms with Crippen molar-refractivity contribution in [3.05, 3.63) is 35.9 Å². The summed E-state index contributed by atoms with van der Waals surface area (Å²) in [7, 11) is -3.25. The first-order valence-electron chi connectivity index (χ1n) is 8.96. The third kappa shape index (κ3) is 7.54. The maximum atomic E-state index is 12.1. The SMILES string of the molecule is CS(=O)(=O)NCCC(=O)NC[C@H](c1ccccc1)N1CCCCCC1. The van der Waals surface area contributed by atoms with Crippen LogP contribution in [0.3, 0.4) is 0 Å². The Bertz CT molecular complexity index is 626. The van der Waals surface area contributed by atoms with Crippen molar-refractivity contribution in [3.8, 4) is 0 Å². The number of nitrogens with one attached hydrogen (secondary N) is 2. The highest BCUT2D eigenvalue weighted by Crippen LogP contribution is 2.23. The largest absolute Gasteiger partial charge is 0.354 e. The molecule has 0 bridgehead atoms. The van der Waals surface area contributed by atoms with Crippen LogP contribution >= 0.6 is 0 Å². The average Bonchev–Trinajstić information content (AvgIpc) is 2.84. The molecule has 1 aliphatic heterocycles. The lowest BCUT2D eigenvalue weighted by molar-refractivity contribution is -0.121. The Morgan fingerprint density at radius 2 is 1.76 bits per heavy atom. The van der Waals surface area contributed by atoms with E-state index in [0.717, 1.165) is 19.3 Å². The first kappa shape index (κ1) is 19.9. The van der Waals surface area contributed by atoms with Crippen LogP contribution in [0.2, 0.25) is 0 Å². The van der Waals surface area contributed by atoms with Crippen LogP contribution in [0.1, 0.15) is 43.7 Å². The molecule has 0 spiro atoms. The molecule has 0 aliphatic carbocycles. The number of hydrogen-bond acceptors (Lipinski definition) is 4. The molecule has 6 nitrogen and oxygen atoms in total. The van der Waals surface area contributed by atoms with Crippen molar-refractivity contribution in [1.29, 1.82) is 0 Å². The second-order valence-corrected chi connectivity index (χ2v) is 8.43. The van der Waals surface area contributed by atoms with E-state index >= 15 is 0 Å². The molecule has 2 rings (SSSR count). The quantitative estimate of drug-likeness (QED) is 0.732. The highest BCUT2D eigenvalue weighted by molar-refractivity contribution is 7.88. The lowest BCUT2D eigenvalue weighted by Gasteiger charge is -2.31. The number of rotatable bonds is 8. The second-order valence-electron chi connectivity index (χ2n) is 6.60. The average molecular weight is 368 g/mol. The molecule has 0 radical (unpaired) electrons. The van der Waals surface area contributed by atoms with E-state index in [4.69, 9.17) is 0 Å². The van der Waals surface area contributed by atoms with E-state index in [9.17, 15) is 13.2 Å². The minimum Gasteiger partial charge on any atom is -0.354 e. The Labute approximate surface area is 151 Å². The Balaban J connectivity index is 1.93. The summed E-state index contributed by atoms with van der Waals surface area (Å²) in [4.78, 5) is 14.5. The van der Waals surface area contributed by atoms with Gasteiger partial charge in [0, 0.05) is 19.5 Å². The molecule has 1 aliphatic rings. The first-order valence-corrected chi connectivity index (χ1v) is 10.9. The Morgan fingerprint density at radius 1 is 1.12 bits per heavy atom. The highest BCUT2D eigenvalue weighted by Gasteiger charge is 2.22. The van der Waals surface area contributed by atoms with Crippen LogP contribution in [-0.2, 0) is 14.8 Å². The van der Waals surface area contributed by atoms with E-state index in [1.165, 1.54) is 31.2 Å². The van der Waals surface area contributed by atoms with Crippen LogP contribution in [0, 0.1) is 0 Å². The van der Waals surface area contributed by atoms with Gasteiger partial charge in [0.1, 0.15) is 0 Å². The molecule has 1 atom stereocenters. The lowest BCUT2D eigenvalue weighted by atomic mass is 10.0. The minimum atomic E-state index is -3.25.